The average molecular weight is 411 g/mol. The van der Waals surface area contributed by atoms with Crippen LogP contribution in [0.2, 0.25) is 0 Å². The topological polar surface area (TPSA) is 99.7 Å². The molecular formula is C23H30N4O3. The van der Waals surface area contributed by atoms with Crippen LogP contribution < -0.4 is 16.1 Å². The van der Waals surface area contributed by atoms with Crippen molar-refractivity contribution in [3.63, 3.8) is 0 Å². The second kappa shape index (κ2) is 8.58. The van der Waals surface area contributed by atoms with Crippen LogP contribution in [0.3, 0.4) is 0 Å². The Kier molecular flexibility index (Phi) is 5.88. The van der Waals surface area contributed by atoms with Crippen LogP contribution in [0, 0.1) is 30.6 Å². The second-order valence-electron chi connectivity index (χ2n) is 9.31. The van der Waals surface area contributed by atoms with Gasteiger partial charge in [-0.2, -0.15) is 5.10 Å². The molecule has 0 heterocycles. The Morgan fingerprint density at radius 2 is 1.53 bits per heavy atom. The first-order chi connectivity index (χ1) is 14.4. The highest BCUT2D eigenvalue weighted by Gasteiger charge is 2.48. The van der Waals surface area contributed by atoms with Crippen LogP contribution in [0.1, 0.15) is 51.0 Å². The van der Waals surface area contributed by atoms with Gasteiger partial charge in [0, 0.05) is 17.4 Å². The summed E-state index contributed by atoms with van der Waals surface area (Å²) in [6.07, 6.45) is 6.49. The maximum Gasteiger partial charge on any atom is 0.329 e. The van der Waals surface area contributed by atoms with Gasteiger partial charge in [0.1, 0.15) is 0 Å². The van der Waals surface area contributed by atoms with Crippen LogP contribution in [-0.2, 0) is 14.4 Å². The molecule has 30 heavy (non-hydrogen) atoms. The van der Waals surface area contributed by atoms with Crippen LogP contribution in [0.15, 0.2) is 29.4 Å². The number of rotatable bonds is 5. The summed E-state index contributed by atoms with van der Waals surface area (Å²) < 4.78 is 0. The van der Waals surface area contributed by atoms with E-state index in [1.54, 1.807) is 19.1 Å². The Hall–Kier alpha value is -2.70. The van der Waals surface area contributed by atoms with Gasteiger partial charge in [0.05, 0.1) is 6.42 Å². The second-order valence-corrected chi connectivity index (χ2v) is 9.31. The molecule has 5 rings (SSSR count). The number of amides is 3. The minimum Gasteiger partial charge on any atom is -0.352 e. The summed E-state index contributed by atoms with van der Waals surface area (Å²) in [6, 6.07) is 7.43. The molecule has 4 aliphatic rings. The summed E-state index contributed by atoms with van der Waals surface area (Å²) in [5.41, 5.74) is 4.30. The summed E-state index contributed by atoms with van der Waals surface area (Å²) in [6.45, 7) is 3.61. The van der Waals surface area contributed by atoms with Crippen molar-refractivity contribution < 1.29 is 14.4 Å². The lowest BCUT2D eigenvalue weighted by Gasteiger charge is -2.54. The molecule has 3 N–H and O–H groups in total. The molecule has 1 aromatic rings. The van der Waals surface area contributed by atoms with Gasteiger partial charge in [-0.25, -0.2) is 5.43 Å². The van der Waals surface area contributed by atoms with Crippen molar-refractivity contribution >= 4 is 29.1 Å². The molecule has 0 spiro atoms. The van der Waals surface area contributed by atoms with Gasteiger partial charge in [0.15, 0.2) is 0 Å². The maximum absolute atomic E-state index is 12.5. The van der Waals surface area contributed by atoms with E-state index in [2.05, 4.69) is 21.2 Å². The normalized spacial score (nSPS) is 29.4. The fourth-order valence-corrected chi connectivity index (χ4v) is 5.69. The number of hydrazone groups is 1. The lowest BCUT2D eigenvalue weighted by atomic mass is 9.54. The van der Waals surface area contributed by atoms with E-state index in [9.17, 15) is 14.4 Å². The molecule has 0 aromatic heterocycles. The van der Waals surface area contributed by atoms with Crippen LogP contribution >= 0.6 is 0 Å². The zero-order chi connectivity index (χ0) is 21.3. The number of hydrogen-bond acceptors (Lipinski definition) is 4. The summed E-state index contributed by atoms with van der Waals surface area (Å²) >= 11 is 0. The van der Waals surface area contributed by atoms with Crippen LogP contribution in [0.25, 0.3) is 0 Å². The smallest absolute Gasteiger partial charge is 0.329 e. The Morgan fingerprint density at radius 3 is 2.13 bits per heavy atom. The quantitative estimate of drug-likeness (QED) is 0.395. The first kappa shape index (κ1) is 20.6. The SMILES string of the molecule is C/C(CC(=O)NC1C2CC3CC(C2)CC1C3)=N\NC(=O)C(=O)Nc1ccc(C)cc1. The number of nitrogens with one attached hydrogen (secondary N) is 3. The highest BCUT2D eigenvalue weighted by molar-refractivity contribution is 6.39. The average Bonchev–Trinajstić information content (AvgIpc) is 2.70. The van der Waals surface area contributed by atoms with Crippen LogP contribution in [-0.4, -0.2) is 29.5 Å². The molecule has 0 atom stereocenters. The number of anilines is 1. The molecule has 0 radical (unpaired) electrons. The molecule has 4 bridgehead atoms. The van der Waals surface area contributed by atoms with E-state index < -0.39 is 11.8 Å². The summed E-state index contributed by atoms with van der Waals surface area (Å²) in [4.78, 5) is 36.4. The van der Waals surface area contributed by atoms with Gasteiger partial charge in [0.25, 0.3) is 0 Å². The minimum atomic E-state index is -0.864. The van der Waals surface area contributed by atoms with E-state index in [4.69, 9.17) is 0 Å². The number of carbonyl (C=O) groups is 3. The molecule has 0 unspecified atom stereocenters. The molecule has 4 fully saturated rings. The van der Waals surface area contributed by atoms with Gasteiger partial charge >= 0.3 is 11.8 Å². The predicted molar refractivity (Wildman–Crippen MR) is 115 cm³/mol. The largest absolute Gasteiger partial charge is 0.352 e. The Balaban J connectivity index is 1.23. The van der Waals surface area contributed by atoms with Crippen molar-refractivity contribution in [2.45, 2.75) is 58.4 Å². The zero-order valence-corrected chi connectivity index (χ0v) is 17.6. The molecule has 7 heteroatoms. The van der Waals surface area contributed by atoms with Crippen molar-refractivity contribution in [1.82, 2.24) is 10.7 Å². The van der Waals surface area contributed by atoms with Crippen molar-refractivity contribution in [2.24, 2.45) is 28.8 Å². The van der Waals surface area contributed by atoms with E-state index in [0.717, 1.165) is 17.4 Å². The molecule has 7 nitrogen and oxygen atoms in total. The molecular weight excluding hydrogens is 380 g/mol. The van der Waals surface area contributed by atoms with Gasteiger partial charge in [-0.1, -0.05) is 17.7 Å². The molecule has 160 valence electrons. The Labute approximate surface area is 177 Å². The Morgan fingerprint density at radius 1 is 0.933 bits per heavy atom. The number of benzene rings is 1. The maximum atomic E-state index is 12.5. The standard InChI is InChI=1S/C23H30N4O3/c1-13-3-5-19(6-4-13)24-22(29)23(30)27-26-14(2)7-20(28)25-21-17-9-15-8-16(11-17)12-18(21)10-15/h3-6,15-18,21H,7-12H2,1-2H3,(H,24,29)(H,25,28)(H,27,30)/b26-14+. The Bertz CT molecular complexity index is 834. The molecule has 1 aromatic carbocycles. The van der Waals surface area contributed by atoms with Crippen LogP contribution in [0.5, 0.6) is 0 Å². The van der Waals surface area contributed by atoms with Gasteiger partial charge < -0.3 is 10.6 Å². The van der Waals surface area contributed by atoms with Gasteiger partial charge in [-0.15, -0.1) is 0 Å². The van der Waals surface area contributed by atoms with Crippen LogP contribution in [0.4, 0.5) is 5.69 Å². The third-order valence-electron chi connectivity index (χ3n) is 6.83. The number of aryl methyl sites for hydroxylation is 1. The highest BCUT2D eigenvalue weighted by atomic mass is 16.2. The molecule has 0 aliphatic heterocycles. The summed E-state index contributed by atoms with van der Waals surface area (Å²) in [5, 5.41) is 9.67. The molecule has 4 saturated carbocycles. The number of nitrogens with zero attached hydrogens (tertiary/aromatic N) is 1. The molecule has 3 amide bonds. The third kappa shape index (κ3) is 4.71. The van der Waals surface area contributed by atoms with Crippen molar-refractivity contribution in [1.29, 1.82) is 0 Å². The van der Waals surface area contributed by atoms with Gasteiger partial charge in [0.2, 0.25) is 5.91 Å². The molecule has 0 saturated heterocycles. The van der Waals surface area contributed by atoms with E-state index in [0.29, 0.717) is 23.2 Å². The van der Waals surface area contributed by atoms with Gasteiger partial charge in [-0.3, -0.25) is 14.4 Å². The van der Waals surface area contributed by atoms with Crippen molar-refractivity contribution in [3.8, 4) is 0 Å². The summed E-state index contributed by atoms with van der Waals surface area (Å²) in [5.74, 6) is 1.24. The van der Waals surface area contributed by atoms with Crippen molar-refractivity contribution in [2.75, 3.05) is 5.32 Å². The zero-order valence-electron chi connectivity index (χ0n) is 17.6. The number of carbonyl (C=O) groups excluding carboxylic acids is 3. The predicted octanol–water partition coefficient (Wildman–Crippen LogP) is 2.76. The first-order valence-corrected chi connectivity index (χ1v) is 10.9. The highest BCUT2D eigenvalue weighted by Crippen LogP contribution is 2.53. The fraction of sp³-hybridized carbons (Fsp3) is 0.565. The third-order valence-corrected chi connectivity index (χ3v) is 6.83. The van der Waals surface area contributed by atoms with E-state index in [1.165, 1.54) is 32.1 Å². The fourth-order valence-electron chi connectivity index (χ4n) is 5.69. The van der Waals surface area contributed by atoms with E-state index in [-0.39, 0.29) is 18.4 Å². The monoisotopic (exact) mass is 410 g/mol. The minimum absolute atomic E-state index is 0.0629. The van der Waals surface area contributed by atoms with E-state index in [1.807, 2.05) is 19.1 Å². The van der Waals surface area contributed by atoms with Gasteiger partial charge in [-0.05, 0) is 81.8 Å². The van der Waals surface area contributed by atoms with E-state index >= 15 is 0 Å². The van der Waals surface area contributed by atoms with Crippen molar-refractivity contribution in [3.05, 3.63) is 29.8 Å². The number of hydrogen-bond donors (Lipinski definition) is 3. The lowest BCUT2D eigenvalue weighted by Crippen LogP contribution is -2.56. The summed E-state index contributed by atoms with van der Waals surface area (Å²) in [7, 11) is 0. The molecule has 4 aliphatic carbocycles. The first-order valence-electron chi connectivity index (χ1n) is 10.9. The lowest BCUT2D eigenvalue weighted by molar-refractivity contribution is -0.136.